The second-order valence-electron chi connectivity index (χ2n) is 5.82. The zero-order valence-electron chi connectivity index (χ0n) is 14.2. The molecule has 5 nitrogen and oxygen atoms in total. The molecule has 0 spiro atoms. The maximum atomic E-state index is 12.3. The van der Waals surface area contributed by atoms with Gasteiger partial charge in [0.2, 0.25) is 15.9 Å². The van der Waals surface area contributed by atoms with Crippen LogP contribution in [0.1, 0.15) is 17.5 Å². The Labute approximate surface area is 157 Å². The van der Waals surface area contributed by atoms with Crippen molar-refractivity contribution in [2.75, 3.05) is 13.6 Å². The molecular weight excluding hydrogens is 404 g/mol. The van der Waals surface area contributed by atoms with Crippen LogP contribution in [0.5, 0.6) is 0 Å². The van der Waals surface area contributed by atoms with Gasteiger partial charge >= 0.3 is 0 Å². The molecule has 2 aromatic rings. The van der Waals surface area contributed by atoms with Gasteiger partial charge in [0.1, 0.15) is 0 Å². The lowest BCUT2D eigenvalue weighted by Crippen LogP contribution is -2.32. The summed E-state index contributed by atoms with van der Waals surface area (Å²) in [6.45, 7) is 2.44. The van der Waals surface area contributed by atoms with E-state index in [1.165, 1.54) is 0 Å². The smallest absolute Gasteiger partial charge is 0.241 e. The van der Waals surface area contributed by atoms with E-state index in [9.17, 15) is 13.2 Å². The molecule has 2 aromatic carbocycles. The summed E-state index contributed by atoms with van der Waals surface area (Å²) in [5, 5.41) is 0. The van der Waals surface area contributed by atoms with Gasteiger partial charge in [-0.25, -0.2) is 13.1 Å². The summed E-state index contributed by atoms with van der Waals surface area (Å²) in [6.07, 6.45) is 0.103. The van der Waals surface area contributed by atoms with Crippen LogP contribution in [0, 0.1) is 6.92 Å². The number of nitrogens with zero attached hydrogens (tertiary/aromatic N) is 1. The Balaban J connectivity index is 1.89. The van der Waals surface area contributed by atoms with Gasteiger partial charge in [-0.05, 0) is 46.1 Å². The fourth-order valence-electron chi connectivity index (χ4n) is 2.33. The van der Waals surface area contributed by atoms with Crippen LogP contribution in [0.25, 0.3) is 0 Å². The Hall–Kier alpha value is -1.70. The van der Waals surface area contributed by atoms with Crippen molar-refractivity contribution in [3.8, 4) is 0 Å². The van der Waals surface area contributed by atoms with Gasteiger partial charge in [-0.15, -0.1) is 0 Å². The van der Waals surface area contributed by atoms with Gasteiger partial charge in [0.15, 0.2) is 0 Å². The van der Waals surface area contributed by atoms with E-state index in [4.69, 9.17) is 0 Å². The van der Waals surface area contributed by atoms with Gasteiger partial charge in [0.25, 0.3) is 0 Å². The number of halogens is 1. The first kappa shape index (κ1) is 19.6. The Morgan fingerprint density at radius 3 is 2.48 bits per heavy atom. The predicted octanol–water partition coefficient (Wildman–Crippen LogP) is 3.08. The molecule has 2 rings (SSSR count). The largest absolute Gasteiger partial charge is 0.341 e. The number of benzene rings is 2. The molecule has 0 aliphatic rings. The third-order valence-corrected chi connectivity index (χ3v) is 6.13. The topological polar surface area (TPSA) is 66.5 Å². The number of hydrogen-bond donors (Lipinski definition) is 1. The van der Waals surface area contributed by atoms with Crippen molar-refractivity contribution in [1.82, 2.24) is 9.62 Å². The fraction of sp³-hybridized carbons (Fsp3) is 0.278. The molecule has 0 bridgehead atoms. The van der Waals surface area contributed by atoms with Crippen LogP contribution in [0.4, 0.5) is 0 Å². The molecule has 0 saturated heterocycles. The molecular formula is C18H21BrN2O3S. The van der Waals surface area contributed by atoms with Gasteiger partial charge in [-0.1, -0.05) is 36.4 Å². The minimum Gasteiger partial charge on any atom is -0.341 e. The summed E-state index contributed by atoms with van der Waals surface area (Å²) < 4.78 is 27.7. The highest BCUT2D eigenvalue weighted by Crippen LogP contribution is 2.22. The Kier molecular flexibility index (Phi) is 6.75. The number of carbonyl (C=O) groups is 1. The van der Waals surface area contributed by atoms with Crippen molar-refractivity contribution in [3.63, 3.8) is 0 Å². The first-order chi connectivity index (χ1) is 11.8. The van der Waals surface area contributed by atoms with Gasteiger partial charge in [-0.3, -0.25) is 4.79 Å². The maximum Gasteiger partial charge on any atom is 0.241 e. The molecule has 0 heterocycles. The number of nitrogens with one attached hydrogen (secondary N) is 1. The van der Waals surface area contributed by atoms with Gasteiger partial charge in [0, 0.05) is 31.0 Å². The van der Waals surface area contributed by atoms with Crippen molar-refractivity contribution in [2.24, 2.45) is 0 Å². The lowest BCUT2D eigenvalue weighted by Gasteiger charge is -2.17. The van der Waals surface area contributed by atoms with E-state index in [2.05, 4.69) is 20.7 Å². The third-order valence-electron chi connectivity index (χ3n) is 3.70. The van der Waals surface area contributed by atoms with Crippen molar-refractivity contribution in [2.45, 2.75) is 24.8 Å². The second-order valence-corrected chi connectivity index (χ2v) is 8.41. The number of rotatable bonds is 7. The molecule has 0 radical (unpaired) electrons. The van der Waals surface area contributed by atoms with Crippen molar-refractivity contribution in [3.05, 3.63) is 64.1 Å². The summed E-state index contributed by atoms with van der Waals surface area (Å²) >= 11 is 3.27. The monoisotopic (exact) mass is 424 g/mol. The number of amides is 1. The highest BCUT2D eigenvalue weighted by Gasteiger charge is 2.18. The summed E-state index contributed by atoms with van der Waals surface area (Å²) in [7, 11) is -1.95. The molecule has 0 unspecified atom stereocenters. The highest BCUT2D eigenvalue weighted by atomic mass is 79.9. The van der Waals surface area contributed by atoms with E-state index < -0.39 is 10.0 Å². The molecule has 25 heavy (non-hydrogen) atoms. The molecule has 0 aliphatic heterocycles. The molecule has 0 aromatic heterocycles. The molecule has 1 amide bonds. The quantitative estimate of drug-likeness (QED) is 0.742. The van der Waals surface area contributed by atoms with E-state index in [0.29, 0.717) is 11.0 Å². The van der Waals surface area contributed by atoms with Crippen LogP contribution in [0.3, 0.4) is 0 Å². The van der Waals surface area contributed by atoms with Crippen molar-refractivity contribution in [1.29, 1.82) is 0 Å². The zero-order chi connectivity index (χ0) is 18.4. The van der Waals surface area contributed by atoms with Crippen LogP contribution >= 0.6 is 15.9 Å². The molecule has 0 fully saturated rings. The lowest BCUT2D eigenvalue weighted by molar-refractivity contribution is -0.130. The van der Waals surface area contributed by atoms with Gasteiger partial charge < -0.3 is 4.90 Å². The molecule has 0 aliphatic carbocycles. The van der Waals surface area contributed by atoms with Crippen LogP contribution in [-0.4, -0.2) is 32.8 Å². The van der Waals surface area contributed by atoms with Gasteiger partial charge in [-0.2, -0.15) is 0 Å². The minimum absolute atomic E-state index is 0.0562. The van der Waals surface area contributed by atoms with E-state index >= 15 is 0 Å². The SMILES string of the molecule is Cc1ccc(S(=O)(=O)NCCC(=O)N(C)Cc2ccccc2)c(Br)c1. The molecule has 7 heteroatoms. The standard InChI is InChI=1S/C18H21BrN2O3S/c1-14-8-9-17(16(19)12-14)25(23,24)20-11-10-18(22)21(2)13-15-6-4-3-5-7-15/h3-9,12,20H,10-11,13H2,1-2H3. The number of carbonyl (C=O) groups excluding carboxylic acids is 1. The van der Waals surface area contributed by atoms with E-state index in [-0.39, 0.29) is 23.8 Å². The van der Waals surface area contributed by atoms with Crippen LogP contribution in [-0.2, 0) is 21.4 Å². The Morgan fingerprint density at radius 1 is 1.16 bits per heavy atom. The van der Waals surface area contributed by atoms with E-state index in [1.54, 1.807) is 30.1 Å². The molecule has 0 saturated carbocycles. The van der Waals surface area contributed by atoms with Crippen LogP contribution in [0.2, 0.25) is 0 Å². The van der Waals surface area contributed by atoms with Crippen molar-refractivity contribution >= 4 is 31.9 Å². The van der Waals surface area contributed by atoms with Crippen molar-refractivity contribution < 1.29 is 13.2 Å². The van der Waals surface area contributed by atoms with Crippen LogP contribution in [0.15, 0.2) is 57.9 Å². The van der Waals surface area contributed by atoms with E-state index in [1.807, 2.05) is 37.3 Å². The van der Waals surface area contributed by atoms with Crippen LogP contribution < -0.4 is 4.72 Å². The molecule has 1 N–H and O–H groups in total. The summed E-state index contributed by atoms with van der Waals surface area (Å²) in [4.78, 5) is 13.9. The fourth-order valence-corrected chi connectivity index (χ4v) is 4.55. The first-order valence-electron chi connectivity index (χ1n) is 7.83. The zero-order valence-corrected chi connectivity index (χ0v) is 16.6. The number of sulfonamides is 1. The average Bonchev–Trinajstić information content (AvgIpc) is 2.55. The molecule has 0 atom stereocenters. The van der Waals surface area contributed by atoms with Gasteiger partial charge in [0.05, 0.1) is 4.90 Å². The predicted molar refractivity (Wildman–Crippen MR) is 102 cm³/mol. The highest BCUT2D eigenvalue weighted by molar-refractivity contribution is 9.10. The third kappa shape index (κ3) is 5.66. The summed E-state index contributed by atoms with van der Waals surface area (Å²) in [5.74, 6) is -0.116. The normalized spacial score (nSPS) is 11.3. The number of hydrogen-bond acceptors (Lipinski definition) is 3. The summed E-state index contributed by atoms with van der Waals surface area (Å²) in [5.41, 5.74) is 1.99. The lowest BCUT2D eigenvalue weighted by atomic mass is 10.2. The average molecular weight is 425 g/mol. The Morgan fingerprint density at radius 2 is 1.84 bits per heavy atom. The van der Waals surface area contributed by atoms with E-state index in [0.717, 1.165) is 11.1 Å². The first-order valence-corrected chi connectivity index (χ1v) is 10.1. The minimum atomic E-state index is -3.66. The maximum absolute atomic E-state index is 12.3. The number of aryl methyl sites for hydroxylation is 1. The summed E-state index contributed by atoms with van der Waals surface area (Å²) in [6, 6.07) is 14.7. The Bertz CT molecular complexity index is 839. The second kappa shape index (κ2) is 8.60. The molecule has 134 valence electrons.